The van der Waals surface area contributed by atoms with Gasteiger partial charge in [-0.05, 0) is 36.8 Å². The van der Waals surface area contributed by atoms with Crippen molar-refractivity contribution in [3.63, 3.8) is 0 Å². The fourth-order valence-electron chi connectivity index (χ4n) is 2.01. The van der Waals surface area contributed by atoms with Crippen LogP contribution in [-0.4, -0.2) is 25.1 Å². The quantitative estimate of drug-likeness (QED) is 0.627. The molecular weight excluding hydrogens is 342 g/mol. The fraction of sp³-hybridized carbons (Fsp3) is 0.158. The molecule has 0 fully saturated rings. The first-order chi connectivity index (χ1) is 12.0. The number of anilines is 1. The molecule has 5 nitrogen and oxygen atoms in total. The van der Waals surface area contributed by atoms with E-state index < -0.39 is 18.0 Å². The van der Waals surface area contributed by atoms with E-state index in [0.29, 0.717) is 16.5 Å². The fourth-order valence-corrected chi connectivity index (χ4v) is 2.18. The molecule has 1 unspecified atom stereocenters. The van der Waals surface area contributed by atoms with Crippen molar-refractivity contribution >= 4 is 35.2 Å². The van der Waals surface area contributed by atoms with Gasteiger partial charge >= 0.3 is 5.97 Å². The van der Waals surface area contributed by atoms with Crippen LogP contribution in [-0.2, 0) is 14.3 Å². The molecule has 0 spiro atoms. The van der Waals surface area contributed by atoms with Crippen molar-refractivity contribution in [1.29, 1.82) is 0 Å². The Morgan fingerprint density at radius 1 is 1.16 bits per heavy atom. The summed E-state index contributed by atoms with van der Waals surface area (Å²) in [6.07, 6.45) is 1.92. The highest BCUT2D eigenvalue weighted by molar-refractivity contribution is 6.31. The van der Waals surface area contributed by atoms with Gasteiger partial charge in [0.25, 0.3) is 5.91 Å². The van der Waals surface area contributed by atoms with Crippen LogP contribution in [0.15, 0.2) is 54.6 Å². The first-order valence-corrected chi connectivity index (χ1v) is 7.95. The summed E-state index contributed by atoms with van der Waals surface area (Å²) < 4.78 is 10.3. The van der Waals surface area contributed by atoms with Crippen molar-refractivity contribution in [1.82, 2.24) is 0 Å². The number of nitrogens with one attached hydrogen (secondary N) is 1. The summed E-state index contributed by atoms with van der Waals surface area (Å²) in [5.41, 5.74) is 1.27. The summed E-state index contributed by atoms with van der Waals surface area (Å²) in [7, 11) is 1.48. The number of esters is 1. The van der Waals surface area contributed by atoms with Crippen LogP contribution in [0, 0.1) is 0 Å². The second kappa shape index (κ2) is 8.89. The zero-order valence-corrected chi connectivity index (χ0v) is 14.6. The topological polar surface area (TPSA) is 64.6 Å². The Kier molecular flexibility index (Phi) is 6.60. The molecule has 1 amide bonds. The molecule has 0 saturated carbocycles. The molecule has 2 aromatic carbocycles. The maximum Gasteiger partial charge on any atom is 0.331 e. The number of carbonyl (C=O) groups excluding carboxylic acids is 2. The number of carbonyl (C=O) groups is 2. The minimum absolute atomic E-state index is 0.405. The van der Waals surface area contributed by atoms with Crippen LogP contribution >= 0.6 is 11.6 Å². The monoisotopic (exact) mass is 359 g/mol. The van der Waals surface area contributed by atoms with E-state index in [-0.39, 0.29) is 0 Å². The van der Waals surface area contributed by atoms with E-state index in [4.69, 9.17) is 21.1 Å². The lowest BCUT2D eigenvalue weighted by atomic mass is 10.2. The highest BCUT2D eigenvalue weighted by Crippen LogP contribution is 2.27. The predicted octanol–water partition coefficient (Wildman–Crippen LogP) is 3.93. The normalized spacial score (nSPS) is 11.8. The molecule has 1 atom stereocenters. The van der Waals surface area contributed by atoms with Crippen molar-refractivity contribution in [3.8, 4) is 5.75 Å². The Bertz CT molecular complexity index is 774. The molecule has 0 aliphatic rings. The first kappa shape index (κ1) is 18.5. The van der Waals surface area contributed by atoms with Crippen molar-refractivity contribution in [2.45, 2.75) is 13.0 Å². The Balaban J connectivity index is 1.95. The third kappa shape index (κ3) is 5.65. The van der Waals surface area contributed by atoms with E-state index in [1.54, 1.807) is 24.3 Å². The second-order valence-corrected chi connectivity index (χ2v) is 5.59. The number of methoxy groups -OCH3 is 1. The van der Waals surface area contributed by atoms with Gasteiger partial charge in [-0.1, -0.05) is 41.9 Å². The zero-order valence-electron chi connectivity index (χ0n) is 13.9. The van der Waals surface area contributed by atoms with Gasteiger partial charge in [0.15, 0.2) is 6.10 Å². The average Bonchev–Trinajstić information content (AvgIpc) is 2.61. The van der Waals surface area contributed by atoms with E-state index in [2.05, 4.69) is 5.32 Å². The summed E-state index contributed by atoms with van der Waals surface area (Å²) in [5, 5.41) is 3.08. The van der Waals surface area contributed by atoms with Crippen LogP contribution in [0.5, 0.6) is 5.75 Å². The van der Waals surface area contributed by atoms with E-state index in [0.717, 1.165) is 5.56 Å². The van der Waals surface area contributed by atoms with Crippen molar-refractivity contribution < 1.29 is 19.1 Å². The average molecular weight is 360 g/mol. The standard InChI is InChI=1S/C19H18ClNO4/c1-13(25-18(22)11-8-14-6-4-3-5-7-14)19(23)21-16-12-15(20)9-10-17(16)24-2/h3-13H,1-2H3,(H,21,23). The first-order valence-electron chi connectivity index (χ1n) is 7.57. The van der Waals surface area contributed by atoms with Crippen molar-refractivity contribution in [3.05, 3.63) is 65.2 Å². The third-order valence-electron chi connectivity index (χ3n) is 3.29. The molecule has 25 heavy (non-hydrogen) atoms. The molecule has 0 saturated heterocycles. The van der Waals surface area contributed by atoms with Crippen LogP contribution < -0.4 is 10.1 Å². The van der Waals surface area contributed by atoms with Crippen LogP contribution in [0.2, 0.25) is 5.02 Å². The second-order valence-electron chi connectivity index (χ2n) is 5.16. The Labute approximate surface area is 151 Å². The maximum absolute atomic E-state index is 12.2. The Hall–Kier alpha value is -2.79. The van der Waals surface area contributed by atoms with Gasteiger partial charge in [-0.2, -0.15) is 0 Å². The van der Waals surface area contributed by atoms with Crippen LogP contribution in [0.25, 0.3) is 6.08 Å². The number of benzene rings is 2. The molecular formula is C19H18ClNO4. The van der Waals surface area contributed by atoms with Gasteiger partial charge in [-0.3, -0.25) is 4.79 Å². The smallest absolute Gasteiger partial charge is 0.331 e. The maximum atomic E-state index is 12.2. The molecule has 0 bridgehead atoms. The molecule has 0 heterocycles. The number of amides is 1. The van der Waals surface area contributed by atoms with Gasteiger partial charge in [0.05, 0.1) is 12.8 Å². The minimum Gasteiger partial charge on any atom is -0.495 e. The van der Waals surface area contributed by atoms with Crippen LogP contribution in [0.1, 0.15) is 12.5 Å². The van der Waals surface area contributed by atoms with Gasteiger partial charge < -0.3 is 14.8 Å². The summed E-state index contributed by atoms with van der Waals surface area (Å²) in [6, 6.07) is 14.1. The largest absolute Gasteiger partial charge is 0.495 e. The summed E-state index contributed by atoms with van der Waals surface area (Å²) >= 11 is 5.92. The van der Waals surface area contributed by atoms with Crippen molar-refractivity contribution in [2.75, 3.05) is 12.4 Å². The lowest BCUT2D eigenvalue weighted by molar-refractivity contribution is -0.148. The molecule has 0 aromatic heterocycles. The Morgan fingerprint density at radius 2 is 1.88 bits per heavy atom. The van der Waals surface area contributed by atoms with Crippen LogP contribution in [0.4, 0.5) is 5.69 Å². The molecule has 6 heteroatoms. The number of halogens is 1. The summed E-state index contributed by atoms with van der Waals surface area (Å²) in [4.78, 5) is 24.0. The van der Waals surface area contributed by atoms with Gasteiger partial charge in [-0.25, -0.2) is 4.79 Å². The van der Waals surface area contributed by atoms with Gasteiger partial charge in [0.1, 0.15) is 5.75 Å². The van der Waals surface area contributed by atoms with Gasteiger partial charge in [0, 0.05) is 11.1 Å². The van der Waals surface area contributed by atoms with E-state index in [1.165, 1.54) is 20.1 Å². The van der Waals surface area contributed by atoms with E-state index in [9.17, 15) is 9.59 Å². The van der Waals surface area contributed by atoms with E-state index >= 15 is 0 Å². The number of rotatable bonds is 6. The number of hydrogen-bond donors (Lipinski definition) is 1. The molecule has 1 N–H and O–H groups in total. The number of hydrogen-bond acceptors (Lipinski definition) is 4. The molecule has 0 aliphatic heterocycles. The summed E-state index contributed by atoms with van der Waals surface area (Å²) in [5.74, 6) is -0.633. The minimum atomic E-state index is -0.975. The molecule has 2 rings (SSSR count). The summed E-state index contributed by atoms with van der Waals surface area (Å²) in [6.45, 7) is 1.49. The lowest BCUT2D eigenvalue weighted by Gasteiger charge is -2.14. The predicted molar refractivity (Wildman–Crippen MR) is 97.7 cm³/mol. The lowest BCUT2D eigenvalue weighted by Crippen LogP contribution is -2.29. The van der Waals surface area contributed by atoms with Gasteiger partial charge in [-0.15, -0.1) is 0 Å². The molecule has 2 aromatic rings. The highest BCUT2D eigenvalue weighted by atomic mass is 35.5. The number of ether oxygens (including phenoxy) is 2. The van der Waals surface area contributed by atoms with Crippen LogP contribution in [0.3, 0.4) is 0 Å². The molecule has 0 aliphatic carbocycles. The van der Waals surface area contributed by atoms with E-state index in [1.807, 2.05) is 30.3 Å². The molecule has 130 valence electrons. The highest BCUT2D eigenvalue weighted by Gasteiger charge is 2.18. The Morgan fingerprint density at radius 3 is 2.56 bits per heavy atom. The molecule has 0 radical (unpaired) electrons. The van der Waals surface area contributed by atoms with Crippen molar-refractivity contribution in [2.24, 2.45) is 0 Å². The third-order valence-corrected chi connectivity index (χ3v) is 3.53. The van der Waals surface area contributed by atoms with Gasteiger partial charge in [0.2, 0.25) is 0 Å². The zero-order chi connectivity index (χ0) is 18.2. The SMILES string of the molecule is COc1ccc(Cl)cc1NC(=O)C(C)OC(=O)C=Cc1ccccc1.